The van der Waals surface area contributed by atoms with Gasteiger partial charge in [0.25, 0.3) is 11.2 Å². The van der Waals surface area contributed by atoms with Crippen LogP contribution < -0.4 is 10.9 Å². The van der Waals surface area contributed by atoms with Crippen LogP contribution in [0.4, 0.5) is 11.4 Å². The Balaban J connectivity index is 1.46. The molecule has 1 N–H and O–H groups in total. The molecule has 0 atom stereocenters. The van der Waals surface area contributed by atoms with Gasteiger partial charge in [0, 0.05) is 24.2 Å². The van der Waals surface area contributed by atoms with Gasteiger partial charge in [0.15, 0.2) is 0 Å². The summed E-state index contributed by atoms with van der Waals surface area (Å²) in [7, 11) is 0. The summed E-state index contributed by atoms with van der Waals surface area (Å²) in [5, 5.41) is 13.6. The molecule has 2 aromatic heterocycles. The highest BCUT2D eigenvalue weighted by Gasteiger charge is 2.21. The van der Waals surface area contributed by atoms with E-state index < -0.39 is 22.4 Å². The molecule has 0 saturated carbocycles. The summed E-state index contributed by atoms with van der Waals surface area (Å²) < 4.78 is 6.54. The van der Waals surface area contributed by atoms with Gasteiger partial charge in [0.05, 0.1) is 23.2 Å². The molecule has 2 heterocycles. The van der Waals surface area contributed by atoms with E-state index in [2.05, 4.69) is 10.3 Å². The number of anilines is 1. The summed E-state index contributed by atoms with van der Waals surface area (Å²) in [5.74, 6) is -1.03. The van der Waals surface area contributed by atoms with E-state index in [0.29, 0.717) is 27.4 Å². The van der Waals surface area contributed by atoms with E-state index in [1.807, 2.05) is 30.3 Å². The van der Waals surface area contributed by atoms with Gasteiger partial charge < -0.3 is 10.1 Å². The molecule has 1 amide bonds. The number of fused-ring (bicyclic) bond motifs is 1. The number of hydrogen-bond acceptors (Lipinski definition) is 8. The minimum Gasteiger partial charge on any atom is -0.461 e. The first kappa shape index (κ1) is 23.8. The predicted octanol–water partition coefficient (Wildman–Crippen LogP) is 3.71. The highest BCUT2D eigenvalue weighted by molar-refractivity contribution is 7.20. The van der Waals surface area contributed by atoms with Crippen molar-refractivity contribution >= 4 is 44.8 Å². The van der Waals surface area contributed by atoms with Crippen molar-refractivity contribution in [1.29, 1.82) is 0 Å². The molecule has 0 spiro atoms. The predicted molar refractivity (Wildman–Crippen MR) is 131 cm³/mol. The molecule has 0 unspecified atom stereocenters. The smallest absolute Gasteiger partial charge is 0.348 e. The zero-order chi connectivity index (χ0) is 24.9. The number of esters is 1. The Labute approximate surface area is 203 Å². The van der Waals surface area contributed by atoms with Crippen LogP contribution in [0.25, 0.3) is 10.2 Å². The Morgan fingerprint density at radius 2 is 1.86 bits per heavy atom. The summed E-state index contributed by atoms with van der Waals surface area (Å²) in [4.78, 5) is 53.2. The fourth-order valence-electron chi connectivity index (χ4n) is 3.46. The molecule has 10 nitrogen and oxygen atoms in total. The number of nitrogens with one attached hydrogen (secondary N) is 1. The Hall–Kier alpha value is -4.38. The van der Waals surface area contributed by atoms with Crippen molar-refractivity contribution in [2.45, 2.75) is 19.9 Å². The molecule has 0 radical (unpaired) electrons. The van der Waals surface area contributed by atoms with Crippen LogP contribution in [0.15, 0.2) is 65.7 Å². The lowest BCUT2D eigenvalue weighted by Gasteiger charge is -2.07. The average Bonchev–Trinajstić information content (AvgIpc) is 3.19. The third-order valence-electron chi connectivity index (χ3n) is 5.25. The number of aromatic nitrogens is 2. The van der Waals surface area contributed by atoms with Crippen LogP contribution in [-0.4, -0.2) is 33.0 Å². The van der Waals surface area contributed by atoms with E-state index in [0.717, 1.165) is 21.5 Å². The zero-order valence-corrected chi connectivity index (χ0v) is 19.4. The number of nitro benzene ring substituents is 1. The summed E-state index contributed by atoms with van der Waals surface area (Å²) >= 11 is 1.07. The first-order valence-corrected chi connectivity index (χ1v) is 11.4. The van der Waals surface area contributed by atoms with E-state index in [1.54, 1.807) is 6.92 Å². The van der Waals surface area contributed by atoms with Gasteiger partial charge in [-0.3, -0.25) is 24.3 Å². The molecule has 0 bridgehead atoms. The fraction of sp³-hybridized carbons (Fsp3) is 0.167. The summed E-state index contributed by atoms with van der Waals surface area (Å²) in [5.41, 5.74) is 1.30. The largest absolute Gasteiger partial charge is 0.461 e. The van der Waals surface area contributed by atoms with Gasteiger partial charge in [-0.25, -0.2) is 9.78 Å². The highest BCUT2D eigenvalue weighted by atomic mass is 32.1. The van der Waals surface area contributed by atoms with Crippen molar-refractivity contribution in [2.24, 2.45) is 0 Å². The minimum absolute atomic E-state index is 0.101. The van der Waals surface area contributed by atoms with Crippen molar-refractivity contribution < 1.29 is 19.2 Å². The zero-order valence-electron chi connectivity index (χ0n) is 18.6. The molecule has 0 aliphatic carbocycles. The molecule has 4 rings (SSSR count). The normalized spacial score (nSPS) is 10.8. The maximum atomic E-state index is 13.0. The number of carbonyl (C=O) groups excluding carboxylic acids is 2. The van der Waals surface area contributed by atoms with Gasteiger partial charge >= 0.3 is 5.97 Å². The molecule has 178 valence electrons. The molecular formula is C24H20N4O6S. The number of aryl methyl sites for hydroxylation is 1. The number of non-ortho nitro benzene ring substituents is 1. The quantitative estimate of drug-likeness (QED) is 0.225. The maximum Gasteiger partial charge on any atom is 0.348 e. The second kappa shape index (κ2) is 10.3. The Morgan fingerprint density at radius 1 is 1.14 bits per heavy atom. The van der Waals surface area contributed by atoms with E-state index in [9.17, 15) is 24.5 Å². The lowest BCUT2D eigenvalue weighted by Crippen LogP contribution is -2.27. The molecule has 0 saturated heterocycles. The number of rotatable bonds is 8. The molecule has 11 heteroatoms. The van der Waals surface area contributed by atoms with Gasteiger partial charge in [-0.1, -0.05) is 30.3 Å². The van der Waals surface area contributed by atoms with Gasteiger partial charge in [-0.15, -0.1) is 11.3 Å². The van der Waals surface area contributed by atoms with Crippen molar-refractivity contribution in [1.82, 2.24) is 9.55 Å². The van der Waals surface area contributed by atoms with Crippen LogP contribution in [0.1, 0.15) is 20.8 Å². The third-order valence-corrected chi connectivity index (χ3v) is 6.43. The molecule has 4 aromatic rings. The SMILES string of the molecule is Cc1c(C(=O)OCCc2ccccc2)sc2ncn(CC(=O)Nc3ccc([N+](=O)[O-])cc3)c(=O)c12. The van der Waals surface area contributed by atoms with Crippen molar-refractivity contribution in [2.75, 3.05) is 11.9 Å². The lowest BCUT2D eigenvalue weighted by atomic mass is 10.2. The number of nitrogens with zero attached hydrogens (tertiary/aromatic N) is 3. The van der Waals surface area contributed by atoms with Crippen LogP contribution in [0.3, 0.4) is 0 Å². The second-order valence-electron chi connectivity index (χ2n) is 7.64. The van der Waals surface area contributed by atoms with Crippen LogP contribution in [0.5, 0.6) is 0 Å². The number of carbonyl (C=O) groups is 2. The number of amides is 1. The summed E-state index contributed by atoms with van der Waals surface area (Å²) in [6.07, 6.45) is 1.83. The number of thiophene rings is 1. The van der Waals surface area contributed by atoms with Crippen LogP contribution in [-0.2, 0) is 22.5 Å². The van der Waals surface area contributed by atoms with Crippen LogP contribution >= 0.6 is 11.3 Å². The molecule has 0 aliphatic heterocycles. The first-order valence-electron chi connectivity index (χ1n) is 10.6. The molecule has 0 fully saturated rings. The van der Waals surface area contributed by atoms with E-state index in [-0.39, 0.29) is 24.2 Å². The monoisotopic (exact) mass is 492 g/mol. The van der Waals surface area contributed by atoms with Crippen LogP contribution in [0.2, 0.25) is 0 Å². The summed E-state index contributed by atoms with van der Waals surface area (Å²) in [6, 6.07) is 15.0. The number of nitro groups is 1. The summed E-state index contributed by atoms with van der Waals surface area (Å²) in [6.45, 7) is 1.54. The van der Waals surface area contributed by atoms with Gasteiger partial charge in [0.1, 0.15) is 16.3 Å². The average molecular weight is 493 g/mol. The minimum atomic E-state index is -0.539. The van der Waals surface area contributed by atoms with Gasteiger partial charge in [-0.05, 0) is 30.2 Å². The van der Waals surface area contributed by atoms with Crippen molar-refractivity contribution in [3.63, 3.8) is 0 Å². The number of hydrogen-bond donors (Lipinski definition) is 1. The maximum absolute atomic E-state index is 13.0. The lowest BCUT2D eigenvalue weighted by molar-refractivity contribution is -0.384. The highest BCUT2D eigenvalue weighted by Crippen LogP contribution is 2.27. The van der Waals surface area contributed by atoms with E-state index >= 15 is 0 Å². The van der Waals surface area contributed by atoms with E-state index in [1.165, 1.54) is 30.6 Å². The standard InChI is InChI=1S/C24H20N4O6S/c1-15-20-22(35-21(15)24(31)34-12-11-16-5-3-2-4-6-16)25-14-27(23(20)30)13-19(29)26-17-7-9-18(10-8-17)28(32)33/h2-10,14H,11-13H2,1H3,(H,26,29). The topological polar surface area (TPSA) is 133 Å². The van der Waals surface area contributed by atoms with Crippen LogP contribution in [0, 0.1) is 17.0 Å². The third kappa shape index (κ3) is 5.41. The van der Waals surface area contributed by atoms with Gasteiger partial charge in [0.2, 0.25) is 5.91 Å². The van der Waals surface area contributed by atoms with Crippen molar-refractivity contribution in [3.05, 3.63) is 97.4 Å². The second-order valence-corrected chi connectivity index (χ2v) is 8.64. The Kier molecular flexibility index (Phi) is 6.97. The Bertz CT molecular complexity index is 1460. The molecular weight excluding hydrogens is 472 g/mol. The molecule has 2 aromatic carbocycles. The van der Waals surface area contributed by atoms with Gasteiger partial charge in [-0.2, -0.15) is 0 Å². The Morgan fingerprint density at radius 3 is 2.54 bits per heavy atom. The molecule has 0 aliphatic rings. The number of benzene rings is 2. The molecule has 35 heavy (non-hydrogen) atoms. The number of ether oxygens (including phenoxy) is 1. The van der Waals surface area contributed by atoms with Crippen molar-refractivity contribution in [3.8, 4) is 0 Å². The first-order chi connectivity index (χ1) is 16.8. The van der Waals surface area contributed by atoms with E-state index in [4.69, 9.17) is 4.74 Å². The fourth-order valence-corrected chi connectivity index (χ4v) is 4.49.